The molecule has 6 aromatic carbocycles. The van der Waals surface area contributed by atoms with E-state index in [1.54, 1.807) is 0 Å². The summed E-state index contributed by atoms with van der Waals surface area (Å²) in [4.78, 5) is 31.5. The lowest BCUT2D eigenvalue weighted by Gasteiger charge is -2.17. The number of hydrogen-bond donors (Lipinski definition) is 4. The quantitative estimate of drug-likeness (QED) is 0.0633. The van der Waals surface area contributed by atoms with Crippen molar-refractivity contribution in [1.82, 2.24) is 5.32 Å². The molecular weight excluding hydrogens is 847 g/mol. The second-order valence-electron chi connectivity index (χ2n) is 15.5. The number of rotatable bonds is 14. The number of carboxylic acids is 2. The Morgan fingerprint density at radius 1 is 0.585 bits per heavy atom. The molecular formula is C52H52F6N2O5. The van der Waals surface area contributed by atoms with Gasteiger partial charge in [0, 0.05) is 12.1 Å². The van der Waals surface area contributed by atoms with Crippen LogP contribution in [0.25, 0.3) is 22.3 Å². The third kappa shape index (κ3) is 15.0. The van der Waals surface area contributed by atoms with Crippen LogP contribution in [0.3, 0.4) is 0 Å². The first-order valence-electron chi connectivity index (χ1n) is 20.8. The molecule has 2 unspecified atom stereocenters. The average molecular weight is 899 g/mol. The number of nitrogens with two attached hydrogens (primary N) is 1. The van der Waals surface area contributed by atoms with Crippen LogP contribution in [0.5, 0.6) is 0 Å². The molecule has 0 saturated carbocycles. The van der Waals surface area contributed by atoms with Gasteiger partial charge in [-0.1, -0.05) is 115 Å². The van der Waals surface area contributed by atoms with E-state index in [-0.39, 0.29) is 36.1 Å². The van der Waals surface area contributed by atoms with E-state index in [4.69, 9.17) is 15.9 Å². The smallest absolute Gasteiger partial charge is 0.416 e. The lowest BCUT2D eigenvalue weighted by molar-refractivity contribution is -0.139. The van der Waals surface area contributed by atoms with E-state index < -0.39 is 47.5 Å². The van der Waals surface area contributed by atoms with Gasteiger partial charge in [0.1, 0.15) is 18.4 Å². The van der Waals surface area contributed by atoms with Crippen LogP contribution < -0.4 is 11.1 Å². The fourth-order valence-electron chi connectivity index (χ4n) is 7.08. The molecule has 6 aromatic rings. The Hall–Kier alpha value is -6.57. The lowest BCUT2D eigenvalue weighted by atomic mass is 9.92. The highest BCUT2D eigenvalue weighted by Crippen LogP contribution is 2.35. The maximum atomic E-state index is 13.6. The molecule has 0 aliphatic heterocycles. The van der Waals surface area contributed by atoms with Gasteiger partial charge in [0.25, 0.3) is 0 Å². The molecule has 13 heteroatoms. The van der Waals surface area contributed by atoms with Gasteiger partial charge in [-0.15, -0.1) is 0 Å². The number of carbonyl (C=O) groups excluding carboxylic acids is 1. The number of alkyl halides is 6. The summed E-state index contributed by atoms with van der Waals surface area (Å²) in [6.07, 6.45) is -6.92. The Morgan fingerprint density at radius 3 is 1.40 bits per heavy atom. The number of nitrogens with one attached hydrogen (secondary N) is 1. The van der Waals surface area contributed by atoms with Crippen molar-refractivity contribution in [2.75, 3.05) is 0 Å². The van der Waals surface area contributed by atoms with Gasteiger partial charge in [0.15, 0.2) is 0 Å². The highest BCUT2D eigenvalue weighted by atomic mass is 19.4. The predicted molar refractivity (Wildman–Crippen MR) is 242 cm³/mol. The molecule has 5 N–H and O–H groups in total. The van der Waals surface area contributed by atoms with Crippen LogP contribution >= 0.6 is 0 Å². The number of halogens is 6. The Kier molecular flexibility index (Phi) is 18.4. The number of benzene rings is 6. The van der Waals surface area contributed by atoms with Crippen LogP contribution in [0.1, 0.15) is 74.3 Å². The SMILES string of the molecule is CC(N)C(=O)O.Cc1c(CCc2cc(C=O)ccc2C(F)(F)F)cccc1-c1ccccc1.Cc1c(CCc2cc(CNC(C)C(=O)O)ccc2C(F)(F)F)cccc1-c1ccccc1. The summed E-state index contributed by atoms with van der Waals surface area (Å²) in [7, 11) is 0. The van der Waals surface area contributed by atoms with Crippen molar-refractivity contribution in [3.05, 3.63) is 189 Å². The normalized spacial score (nSPS) is 12.2. The van der Waals surface area contributed by atoms with Gasteiger partial charge < -0.3 is 21.3 Å². The molecule has 0 spiro atoms. The van der Waals surface area contributed by atoms with Crippen LogP contribution in [0.15, 0.2) is 133 Å². The molecule has 65 heavy (non-hydrogen) atoms. The lowest BCUT2D eigenvalue weighted by Crippen LogP contribution is -2.33. The third-order valence-corrected chi connectivity index (χ3v) is 10.8. The van der Waals surface area contributed by atoms with Crippen molar-refractivity contribution < 1.29 is 50.9 Å². The number of aryl methyl sites for hydroxylation is 4. The summed E-state index contributed by atoms with van der Waals surface area (Å²) < 4.78 is 80.7. The summed E-state index contributed by atoms with van der Waals surface area (Å²) in [5.74, 6) is -1.97. The zero-order valence-electron chi connectivity index (χ0n) is 36.4. The Morgan fingerprint density at radius 2 is 1.00 bits per heavy atom. The van der Waals surface area contributed by atoms with Gasteiger partial charge in [0.05, 0.1) is 11.1 Å². The predicted octanol–water partition coefficient (Wildman–Crippen LogP) is 11.7. The van der Waals surface area contributed by atoms with Crippen molar-refractivity contribution in [2.45, 2.75) is 84.4 Å². The average Bonchev–Trinajstić information content (AvgIpc) is 3.27. The van der Waals surface area contributed by atoms with Crippen molar-refractivity contribution in [1.29, 1.82) is 0 Å². The standard InChI is InChI=1S/C26H26F3NO2.C23H19F3O.C3H7NO2/c1-17-20(9-6-10-23(17)21-7-4-3-5-8-21)12-13-22-15-19(16-30-18(2)25(31)32)11-14-24(22)26(27,28)29;1-16-18(8-5-9-21(16)19-6-3-2-4-7-19)11-12-20-14-17(15-27)10-13-22(20)23(24,25)26;1-2(4)3(5)6/h3-11,14-15,18,30H,12-13,16H2,1-2H3,(H,31,32);2-10,13-15H,11-12H2,1H3;2H,4H2,1H3,(H,5,6). The van der Waals surface area contributed by atoms with Crippen molar-refractivity contribution >= 4 is 18.2 Å². The first kappa shape index (κ1) is 51.1. The minimum Gasteiger partial charge on any atom is -0.480 e. The van der Waals surface area contributed by atoms with E-state index in [1.807, 2.05) is 111 Å². The number of aldehydes is 1. The zero-order valence-corrected chi connectivity index (χ0v) is 36.4. The molecule has 0 aliphatic rings. The largest absolute Gasteiger partial charge is 0.480 e. The van der Waals surface area contributed by atoms with Crippen LogP contribution in [-0.2, 0) is 54.2 Å². The third-order valence-electron chi connectivity index (χ3n) is 10.8. The molecule has 0 heterocycles. The molecule has 0 aliphatic carbocycles. The monoisotopic (exact) mass is 898 g/mol. The van der Waals surface area contributed by atoms with Gasteiger partial charge >= 0.3 is 24.3 Å². The van der Waals surface area contributed by atoms with Gasteiger partial charge in [0.2, 0.25) is 0 Å². The molecule has 0 radical (unpaired) electrons. The van der Waals surface area contributed by atoms with Crippen molar-refractivity contribution in [3.8, 4) is 22.3 Å². The molecule has 0 aromatic heterocycles. The number of carbonyl (C=O) groups is 3. The summed E-state index contributed by atoms with van der Waals surface area (Å²) in [6.45, 7) is 7.08. The summed E-state index contributed by atoms with van der Waals surface area (Å²) >= 11 is 0. The van der Waals surface area contributed by atoms with Crippen LogP contribution in [0, 0.1) is 13.8 Å². The van der Waals surface area contributed by atoms with Crippen molar-refractivity contribution in [2.24, 2.45) is 5.73 Å². The maximum absolute atomic E-state index is 13.6. The molecule has 0 bridgehead atoms. The first-order valence-corrected chi connectivity index (χ1v) is 20.8. The Labute approximate surface area is 375 Å². The van der Waals surface area contributed by atoms with Gasteiger partial charge in [-0.3, -0.25) is 14.4 Å². The zero-order chi connectivity index (χ0) is 47.9. The number of aliphatic carboxylic acids is 2. The van der Waals surface area contributed by atoms with Crippen LogP contribution in [-0.4, -0.2) is 40.5 Å². The molecule has 6 rings (SSSR count). The van der Waals surface area contributed by atoms with E-state index in [1.165, 1.54) is 38.1 Å². The van der Waals surface area contributed by atoms with E-state index in [0.29, 0.717) is 24.7 Å². The summed E-state index contributed by atoms with van der Waals surface area (Å²) in [6, 6.07) is 37.6. The molecule has 2 atom stereocenters. The van der Waals surface area contributed by atoms with Gasteiger partial charge in [-0.25, -0.2) is 0 Å². The van der Waals surface area contributed by atoms with Gasteiger partial charge in [-0.05, 0) is 133 Å². The van der Waals surface area contributed by atoms with Crippen LogP contribution in [0.2, 0.25) is 0 Å². The molecule has 342 valence electrons. The Balaban J connectivity index is 0.000000255. The molecule has 7 nitrogen and oxygen atoms in total. The second-order valence-corrected chi connectivity index (χ2v) is 15.5. The minimum atomic E-state index is -4.45. The number of hydrogen-bond acceptors (Lipinski definition) is 5. The second kappa shape index (κ2) is 23.4. The summed E-state index contributed by atoms with van der Waals surface area (Å²) in [5, 5.41) is 19.7. The maximum Gasteiger partial charge on any atom is 0.416 e. The summed E-state index contributed by atoms with van der Waals surface area (Å²) in [5.41, 5.74) is 13.2. The van der Waals surface area contributed by atoms with E-state index >= 15 is 0 Å². The first-order chi connectivity index (χ1) is 30.7. The van der Waals surface area contributed by atoms with E-state index in [9.17, 15) is 40.7 Å². The molecule has 0 amide bonds. The van der Waals surface area contributed by atoms with Crippen LogP contribution in [0.4, 0.5) is 26.3 Å². The highest BCUT2D eigenvalue weighted by molar-refractivity contribution is 5.75. The Bertz CT molecular complexity index is 2520. The fraction of sp³-hybridized carbons (Fsp3) is 0.250. The van der Waals surface area contributed by atoms with E-state index in [2.05, 4.69) is 5.32 Å². The van der Waals surface area contributed by atoms with Gasteiger partial charge in [-0.2, -0.15) is 26.3 Å². The topological polar surface area (TPSA) is 130 Å². The van der Waals surface area contributed by atoms with Crippen molar-refractivity contribution in [3.63, 3.8) is 0 Å². The number of carboxylic acid groups (broad SMARTS) is 2. The fourth-order valence-corrected chi connectivity index (χ4v) is 7.08. The molecule has 0 saturated heterocycles. The molecule has 0 fully saturated rings. The highest BCUT2D eigenvalue weighted by Gasteiger charge is 2.34. The van der Waals surface area contributed by atoms with E-state index in [0.717, 1.165) is 56.6 Å². The minimum absolute atomic E-state index is 0.150.